The first-order valence-corrected chi connectivity index (χ1v) is 5.26. The van der Waals surface area contributed by atoms with E-state index in [0.717, 1.165) is 6.20 Å². The highest BCUT2D eigenvalue weighted by Crippen LogP contribution is 2.22. The molecule has 8 nitrogen and oxygen atoms in total. The van der Waals surface area contributed by atoms with Gasteiger partial charge in [0.05, 0.1) is 17.7 Å². The van der Waals surface area contributed by atoms with Gasteiger partial charge in [-0.25, -0.2) is 9.97 Å². The molecule has 0 amide bonds. The zero-order chi connectivity index (χ0) is 13.1. The topological polar surface area (TPSA) is 107 Å². The number of nitrogens with one attached hydrogen (secondary N) is 1. The highest BCUT2D eigenvalue weighted by Gasteiger charge is 2.17. The molecule has 2 aromatic heterocycles. The number of aromatic nitrogens is 3. The fourth-order valence-corrected chi connectivity index (χ4v) is 1.39. The average Bonchev–Trinajstić information content (AvgIpc) is 2.72. The Balaban J connectivity index is 2.17. The summed E-state index contributed by atoms with van der Waals surface area (Å²) < 4.78 is 5.22. The lowest BCUT2D eigenvalue weighted by Gasteiger charge is -2.03. The maximum atomic E-state index is 10.8. The van der Waals surface area contributed by atoms with E-state index < -0.39 is 4.92 Å². The van der Waals surface area contributed by atoms with Crippen molar-refractivity contribution >= 4 is 23.1 Å². The number of halogens is 1. The Morgan fingerprint density at radius 3 is 2.89 bits per heavy atom. The van der Waals surface area contributed by atoms with Crippen LogP contribution in [0.5, 0.6) is 0 Å². The summed E-state index contributed by atoms with van der Waals surface area (Å²) in [6.07, 6.45) is 2.59. The zero-order valence-electron chi connectivity index (χ0n) is 9.25. The van der Waals surface area contributed by atoms with Gasteiger partial charge in [0.25, 0.3) is 0 Å². The maximum Gasteiger partial charge on any atom is 0.329 e. The van der Waals surface area contributed by atoms with Crippen LogP contribution in [0.15, 0.2) is 16.8 Å². The number of oxazole rings is 1. The first kappa shape index (κ1) is 12.2. The van der Waals surface area contributed by atoms with E-state index in [1.165, 1.54) is 0 Å². The zero-order valence-corrected chi connectivity index (χ0v) is 10.0. The first-order chi connectivity index (χ1) is 8.56. The summed E-state index contributed by atoms with van der Waals surface area (Å²) in [7, 11) is 0. The number of hydrogen-bond donors (Lipinski definition) is 1. The van der Waals surface area contributed by atoms with E-state index in [9.17, 15) is 10.1 Å². The van der Waals surface area contributed by atoms with E-state index in [1.54, 1.807) is 13.1 Å². The van der Waals surface area contributed by atoms with Crippen LogP contribution in [-0.4, -0.2) is 19.9 Å². The van der Waals surface area contributed by atoms with Gasteiger partial charge in [-0.05, 0) is 18.5 Å². The second kappa shape index (κ2) is 4.96. The SMILES string of the molecule is Cc1cnc(CNc2nc(Cl)ncc2[N+](=O)[O-])o1. The Bertz CT molecular complexity index is 585. The second-order valence-corrected chi connectivity index (χ2v) is 3.69. The predicted molar refractivity (Wildman–Crippen MR) is 62.3 cm³/mol. The molecule has 2 heterocycles. The van der Waals surface area contributed by atoms with Crippen LogP contribution in [0.4, 0.5) is 11.5 Å². The predicted octanol–water partition coefficient (Wildman–Crippen LogP) is 1.95. The van der Waals surface area contributed by atoms with Crippen molar-refractivity contribution in [2.45, 2.75) is 13.5 Å². The molecule has 18 heavy (non-hydrogen) atoms. The van der Waals surface area contributed by atoms with Gasteiger partial charge in [-0.3, -0.25) is 10.1 Å². The Morgan fingerprint density at radius 2 is 2.28 bits per heavy atom. The van der Waals surface area contributed by atoms with E-state index in [-0.39, 0.29) is 23.3 Å². The molecule has 94 valence electrons. The average molecular weight is 270 g/mol. The lowest BCUT2D eigenvalue weighted by molar-refractivity contribution is -0.384. The summed E-state index contributed by atoms with van der Waals surface area (Å²) in [5.41, 5.74) is -0.261. The van der Waals surface area contributed by atoms with E-state index >= 15 is 0 Å². The van der Waals surface area contributed by atoms with Gasteiger partial charge in [0.1, 0.15) is 12.0 Å². The summed E-state index contributed by atoms with van der Waals surface area (Å²) in [5, 5.41) is 13.4. The van der Waals surface area contributed by atoms with Gasteiger partial charge in [-0.2, -0.15) is 4.98 Å². The van der Waals surface area contributed by atoms with Crippen LogP contribution in [0.3, 0.4) is 0 Å². The Morgan fingerprint density at radius 1 is 1.50 bits per heavy atom. The van der Waals surface area contributed by atoms with Crippen molar-refractivity contribution in [2.75, 3.05) is 5.32 Å². The molecule has 0 aliphatic heterocycles. The van der Waals surface area contributed by atoms with Gasteiger partial charge < -0.3 is 9.73 Å². The minimum Gasteiger partial charge on any atom is -0.444 e. The van der Waals surface area contributed by atoms with Gasteiger partial charge in [-0.15, -0.1) is 0 Å². The Labute approximate surface area is 106 Å². The molecule has 2 aromatic rings. The molecule has 9 heteroatoms. The van der Waals surface area contributed by atoms with Crippen molar-refractivity contribution in [3.05, 3.63) is 39.4 Å². The molecule has 0 aromatic carbocycles. The van der Waals surface area contributed by atoms with Crippen LogP contribution in [0.2, 0.25) is 5.28 Å². The molecule has 0 spiro atoms. The van der Waals surface area contributed by atoms with Crippen molar-refractivity contribution in [3.8, 4) is 0 Å². The van der Waals surface area contributed by atoms with Crippen LogP contribution in [-0.2, 0) is 6.54 Å². The molecule has 0 bridgehead atoms. The third kappa shape index (κ3) is 2.72. The van der Waals surface area contributed by atoms with E-state index in [4.69, 9.17) is 16.0 Å². The maximum absolute atomic E-state index is 10.8. The number of hydrogen-bond acceptors (Lipinski definition) is 7. The van der Waals surface area contributed by atoms with Crippen LogP contribution >= 0.6 is 11.6 Å². The molecule has 0 saturated carbocycles. The van der Waals surface area contributed by atoms with Crippen LogP contribution in [0.25, 0.3) is 0 Å². The normalized spacial score (nSPS) is 10.3. The highest BCUT2D eigenvalue weighted by atomic mass is 35.5. The minimum absolute atomic E-state index is 0.0239. The van der Waals surface area contributed by atoms with Gasteiger partial charge >= 0.3 is 5.69 Å². The second-order valence-electron chi connectivity index (χ2n) is 3.35. The Hall–Kier alpha value is -2.22. The molecule has 0 radical (unpaired) electrons. The standard InChI is InChI=1S/C9H8ClN5O3/c1-5-2-11-7(18-5)4-12-8-6(15(16)17)3-13-9(10)14-8/h2-3H,4H2,1H3,(H,12,13,14). The van der Waals surface area contributed by atoms with Crippen LogP contribution < -0.4 is 5.32 Å². The van der Waals surface area contributed by atoms with E-state index in [1.807, 2.05) is 0 Å². The molecule has 0 atom stereocenters. The minimum atomic E-state index is -0.598. The fraction of sp³-hybridized carbons (Fsp3) is 0.222. The summed E-state index contributed by atoms with van der Waals surface area (Å²) in [6.45, 7) is 1.92. The number of anilines is 1. The molecule has 2 rings (SSSR count). The van der Waals surface area contributed by atoms with Crippen molar-refractivity contribution in [3.63, 3.8) is 0 Å². The van der Waals surface area contributed by atoms with Crippen molar-refractivity contribution in [2.24, 2.45) is 0 Å². The highest BCUT2D eigenvalue weighted by molar-refractivity contribution is 6.28. The van der Waals surface area contributed by atoms with Gasteiger partial charge in [-0.1, -0.05) is 0 Å². The molecular formula is C9H8ClN5O3. The fourth-order valence-electron chi connectivity index (χ4n) is 1.26. The molecule has 0 fully saturated rings. The number of rotatable bonds is 4. The summed E-state index contributed by atoms with van der Waals surface area (Å²) >= 11 is 5.58. The van der Waals surface area contributed by atoms with Gasteiger partial charge in [0.15, 0.2) is 0 Å². The third-order valence-corrected chi connectivity index (χ3v) is 2.20. The molecular weight excluding hydrogens is 262 g/mol. The van der Waals surface area contributed by atoms with E-state index in [0.29, 0.717) is 11.7 Å². The smallest absolute Gasteiger partial charge is 0.329 e. The number of nitro groups is 1. The van der Waals surface area contributed by atoms with Crippen molar-refractivity contribution < 1.29 is 9.34 Å². The first-order valence-electron chi connectivity index (χ1n) is 4.88. The quantitative estimate of drug-likeness (QED) is 0.513. The lowest BCUT2D eigenvalue weighted by atomic mass is 10.4. The molecule has 0 unspecified atom stereocenters. The van der Waals surface area contributed by atoms with Gasteiger partial charge in [0, 0.05) is 0 Å². The molecule has 0 aliphatic rings. The Kier molecular flexibility index (Phi) is 3.38. The van der Waals surface area contributed by atoms with E-state index in [2.05, 4.69) is 20.3 Å². The monoisotopic (exact) mass is 269 g/mol. The summed E-state index contributed by atoms with van der Waals surface area (Å²) in [4.78, 5) is 21.4. The molecule has 0 saturated heterocycles. The van der Waals surface area contributed by atoms with Gasteiger partial charge in [0.2, 0.25) is 17.0 Å². The summed E-state index contributed by atoms with van der Waals surface area (Å²) in [5.74, 6) is 1.08. The number of aryl methyl sites for hydroxylation is 1. The van der Waals surface area contributed by atoms with Crippen LogP contribution in [0, 0.1) is 17.0 Å². The lowest BCUT2D eigenvalue weighted by Crippen LogP contribution is -2.05. The molecule has 1 N–H and O–H groups in total. The third-order valence-electron chi connectivity index (χ3n) is 2.01. The summed E-state index contributed by atoms with van der Waals surface area (Å²) in [6, 6.07) is 0. The van der Waals surface area contributed by atoms with Crippen molar-refractivity contribution in [1.82, 2.24) is 15.0 Å². The number of nitrogens with zero attached hydrogens (tertiary/aromatic N) is 4. The largest absolute Gasteiger partial charge is 0.444 e. The molecule has 0 aliphatic carbocycles. The van der Waals surface area contributed by atoms with Crippen LogP contribution in [0.1, 0.15) is 11.7 Å². The van der Waals surface area contributed by atoms with Crippen molar-refractivity contribution in [1.29, 1.82) is 0 Å².